The van der Waals surface area contributed by atoms with Gasteiger partial charge in [-0.2, -0.15) is 0 Å². The second-order valence-corrected chi connectivity index (χ2v) is 10.2. The van der Waals surface area contributed by atoms with Crippen molar-refractivity contribution >= 4 is 28.9 Å². The molecule has 1 aromatic rings. The number of nitrogens with zero attached hydrogens (tertiary/aromatic N) is 2. The number of amidine groups is 1. The maximum atomic E-state index is 13.6. The lowest BCUT2D eigenvalue weighted by atomic mass is 9.94. The molecule has 0 bridgehead atoms. The van der Waals surface area contributed by atoms with E-state index in [1.54, 1.807) is 6.08 Å². The summed E-state index contributed by atoms with van der Waals surface area (Å²) in [6, 6.07) is 4.31. The summed E-state index contributed by atoms with van der Waals surface area (Å²) in [6.45, 7) is 6.15. The number of hydrogen-bond donors (Lipinski definition) is 1. The van der Waals surface area contributed by atoms with Crippen molar-refractivity contribution in [2.24, 2.45) is 4.99 Å². The Morgan fingerprint density at radius 2 is 1.85 bits per heavy atom. The van der Waals surface area contributed by atoms with Crippen LogP contribution in [0.3, 0.4) is 0 Å². The van der Waals surface area contributed by atoms with Crippen LogP contribution >= 0.6 is 11.8 Å². The minimum Gasteiger partial charge on any atom is -0.504 e. The maximum absolute atomic E-state index is 13.6. The van der Waals surface area contributed by atoms with Crippen LogP contribution in [-0.4, -0.2) is 39.8 Å². The van der Waals surface area contributed by atoms with Crippen molar-refractivity contribution in [2.75, 3.05) is 6.61 Å². The van der Waals surface area contributed by atoms with E-state index in [1.165, 1.54) is 50.3 Å². The highest BCUT2D eigenvalue weighted by Gasteiger charge is 2.39. The Balaban J connectivity index is 1.67. The summed E-state index contributed by atoms with van der Waals surface area (Å²) in [5, 5.41) is 11.4. The van der Waals surface area contributed by atoms with Gasteiger partial charge in [0.25, 0.3) is 5.91 Å². The van der Waals surface area contributed by atoms with Gasteiger partial charge in [-0.25, -0.2) is 0 Å². The molecule has 0 radical (unpaired) electrons. The van der Waals surface area contributed by atoms with Gasteiger partial charge in [-0.1, -0.05) is 44.6 Å². The van der Waals surface area contributed by atoms with E-state index in [1.807, 2.05) is 30.0 Å². The van der Waals surface area contributed by atoms with Gasteiger partial charge in [-0.05, 0) is 74.6 Å². The quantitative estimate of drug-likeness (QED) is 0.369. The number of allylic oxidation sites excluding steroid dienone is 1. The molecule has 1 heterocycles. The van der Waals surface area contributed by atoms with Gasteiger partial charge in [0.15, 0.2) is 16.7 Å². The van der Waals surface area contributed by atoms with Crippen LogP contribution in [0.4, 0.5) is 0 Å². The van der Waals surface area contributed by atoms with E-state index < -0.39 is 0 Å². The number of amides is 1. The van der Waals surface area contributed by atoms with Crippen LogP contribution in [0.2, 0.25) is 0 Å². The van der Waals surface area contributed by atoms with Gasteiger partial charge in [0.1, 0.15) is 0 Å². The van der Waals surface area contributed by atoms with Crippen LogP contribution in [0.1, 0.15) is 82.3 Å². The van der Waals surface area contributed by atoms with Crippen molar-refractivity contribution in [3.63, 3.8) is 0 Å². The van der Waals surface area contributed by atoms with Crippen molar-refractivity contribution in [2.45, 2.75) is 89.6 Å². The number of phenols is 1. The fourth-order valence-electron chi connectivity index (χ4n) is 5.10. The molecule has 33 heavy (non-hydrogen) atoms. The lowest BCUT2D eigenvalue weighted by Gasteiger charge is -2.31. The zero-order valence-corrected chi connectivity index (χ0v) is 20.5. The molecule has 3 fully saturated rings. The van der Waals surface area contributed by atoms with E-state index in [4.69, 9.17) is 9.73 Å². The third kappa shape index (κ3) is 5.65. The van der Waals surface area contributed by atoms with Crippen LogP contribution < -0.4 is 4.74 Å². The number of thioether (sulfide) groups is 1. The Kier molecular flexibility index (Phi) is 8.18. The summed E-state index contributed by atoms with van der Waals surface area (Å²) in [6.07, 6.45) is 15.9. The third-order valence-corrected chi connectivity index (χ3v) is 7.78. The number of rotatable bonds is 7. The van der Waals surface area contributed by atoms with Gasteiger partial charge in [0.05, 0.1) is 17.6 Å². The maximum Gasteiger partial charge on any atom is 0.266 e. The topological polar surface area (TPSA) is 62.1 Å². The lowest BCUT2D eigenvalue weighted by Crippen LogP contribution is -2.41. The van der Waals surface area contributed by atoms with Gasteiger partial charge in [0.2, 0.25) is 0 Å². The molecule has 0 spiro atoms. The predicted octanol–water partition coefficient (Wildman–Crippen LogP) is 6.46. The Bertz CT molecular complexity index is 928. The highest BCUT2D eigenvalue weighted by atomic mass is 32.2. The van der Waals surface area contributed by atoms with Crippen LogP contribution in [0.25, 0.3) is 6.08 Å². The van der Waals surface area contributed by atoms with Gasteiger partial charge in [-0.3, -0.25) is 14.7 Å². The number of aromatic hydroxyl groups is 1. The number of phenolic OH excluding ortho intramolecular Hbond substituents is 1. The molecule has 1 amide bonds. The number of aliphatic imine (C=N–C) groups is 1. The summed E-state index contributed by atoms with van der Waals surface area (Å²) in [5.74, 6) is 0.657. The second kappa shape index (κ2) is 11.3. The molecule has 6 heteroatoms. The van der Waals surface area contributed by atoms with E-state index in [-0.39, 0.29) is 17.7 Å². The summed E-state index contributed by atoms with van der Waals surface area (Å²) in [4.78, 5) is 21.4. The second-order valence-electron chi connectivity index (χ2n) is 9.23. The molecule has 1 aromatic carbocycles. The zero-order valence-electron chi connectivity index (χ0n) is 19.7. The number of ether oxygens (including phenoxy) is 1. The van der Waals surface area contributed by atoms with Gasteiger partial charge < -0.3 is 9.84 Å². The Labute approximate surface area is 202 Å². The first-order valence-corrected chi connectivity index (χ1v) is 13.3. The molecular formula is C27H36N2O3S. The molecule has 4 rings (SSSR count). The SMILES string of the molecule is C=CCc1cc(C=C2SC(=NC3CCCCC3)N(C3CCCCC3)C2=O)cc(OCC)c1O. The van der Waals surface area contributed by atoms with Crippen molar-refractivity contribution in [1.29, 1.82) is 0 Å². The molecule has 1 aliphatic heterocycles. The smallest absolute Gasteiger partial charge is 0.266 e. The van der Waals surface area contributed by atoms with Crippen molar-refractivity contribution < 1.29 is 14.6 Å². The molecule has 0 unspecified atom stereocenters. The van der Waals surface area contributed by atoms with E-state index >= 15 is 0 Å². The molecule has 2 aliphatic carbocycles. The molecular weight excluding hydrogens is 432 g/mol. The molecule has 1 saturated heterocycles. The molecule has 0 aromatic heterocycles. The van der Waals surface area contributed by atoms with Gasteiger partial charge in [0, 0.05) is 11.6 Å². The molecule has 0 atom stereocenters. The molecule has 3 aliphatic rings. The Morgan fingerprint density at radius 3 is 2.52 bits per heavy atom. The monoisotopic (exact) mass is 468 g/mol. The summed E-state index contributed by atoms with van der Waals surface area (Å²) in [7, 11) is 0. The predicted molar refractivity (Wildman–Crippen MR) is 137 cm³/mol. The minimum absolute atomic E-state index is 0.0674. The molecule has 2 saturated carbocycles. The van der Waals surface area contributed by atoms with Crippen LogP contribution in [0, 0.1) is 0 Å². The molecule has 178 valence electrons. The average Bonchev–Trinajstić information content (AvgIpc) is 3.12. The third-order valence-electron chi connectivity index (χ3n) is 6.78. The van der Waals surface area contributed by atoms with E-state index in [0.29, 0.717) is 29.7 Å². The normalized spacial score (nSPS) is 22.9. The largest absolute Gasteiger partial charge is 0.504 e. The number of carbonyl (C=O) groups excluding carboxylic acids is 1. The van der Waals surface area contributed by atoms with Crippen LogP contribution in [-0.2, 0) is 11.2 Å². The average molecular weight is 469 g/mol. The highest BCUT2D eigenvalue weighted by Crippen LogP contribution is 2.40. The number of hydrogen-bond acceptors (Lipinski definition) is 5. The van der Waals surface area contributed by atoms with Crippen LogP contribution in [0.5, 0.6) is 11.5 Å². The molecule has 1 N–H and O–H groups in total. The first-order chi connectivity index (χ1) is 16.1. The Hall–Kier alpha value is -2.21. The van der Waals surface area contributed by atoms with Crippen LogP contribution in [0.15, 0.2) is 34.7 Å². The van der Waals surface area contributed by atoms with Crippen molar-refractivity contribution in [1.82, 2.24) is 4.90 Å². The first kappa shape index (κ1) is 23.9. The fraction of sp³-hybridized carbons (Fsp3) is 0.556. The van der Waals surface area contributed by atoms with E-state index in [0.717, 1.165) is 42.0 Å². The van der Waals surface area contributed by atoms with Gasteiger partial charge in [-0.15, -0.1) is 6.58 Å². The first-order valence-electron chi connectivity index (χ1n) is 12.5. The zero-order chi connectivity index (χ0) is 23.2. The van der Waals surface area contributed by atoms with Crippen molar-refractivity contribution in [3.8, 4) is 11.5 Å². The Morgan fingerprint density at radius 1 is 1.15 bits per heavy atom. The number of benzene rings is 1. The number of carbonyl (C=O) groups is 1. The minimum atomic E-state index is 0.0674. The van der Waals surface area contributed by atoms with Crippen molar-refractivity contribution in [3.05, 3.63) is 40.8 Å². The summed E-state index contributed by atoms with van der Waals surface area (Å²) < 4.78 is 5.65. The van der Waals surface area contributed by atoms with E-state index in [2.05, 4.69) is 6.58 Å². The molecule has 5 nitrogen and oxygen atoms in total. The van der Waals surface area contributed by atoms with Gasteiger partial charge >= 0.3 is 0 Å². The summed E-state index contributed by atoms with van der Waals surface area (Å²) in [5.41, 5.74) is 1.60. The fourth-order valence-corrected chi connectivity index (χ4v) is 6.21. The highest BCUT2D eigenvalue weighted by molar-refractivity contribution is 8.18. The van der Waals surface area contributed by atoms with E-state index in [9.17, 15) is 9.90 Å². The lowest BCUT2D eigenvalue weighted by molar-refractivity contribution is -0.124. The summed E-state index contributed by atoms with van der Waals surface area (Å²) >= 11 is 1.52. The standard InChI is InChI=1S/C27H36N2O3S/c1-3-11-20-16-19(17-23(25(20)30)32-4-2)18-24-26(31)29(22-14-9-6-10-15-22)27(33-24)28-21-12-7-5-8-13-21/h3,16-18,21-22,30H,1,4-15H2,2H3.